The lowest BCUT2D eigenvalue weighted by Crippen LogP contribution is -2.28. The molecule has 0 saturated carbocycles. The van der Waals surface area contributed by atoms with Gasteiger partial charge < -0.3 is 5.11 Å². The molecule has 0 radical (unpaired) electrons. The average Bonchev–Trinajstić information content (AvgIpc) is 1.92. The maximum atomic E-state index is 11.1. The zero-order valence-electron chi connectivity index (χ0n) is 11.1. The van der Waals surface area contributed by atoms with E-state index in [1.165, 1.54) is 0 Å². The summed E-state index contributed by atoms with van der Waals surface area (Å²) in [5.41, 5.74) is 0.171. The van der Waals surface area contributed by atoms with E-state index >= 15 is 0 Å². The third-order valence-corrected chi connectivity index (χ3v) is 2.76. The summed E-state index contributed by atoms with van der Waals surface area (Å²) in [6.45, 7) is 12.6. The molecule has 2 heteroatoms. The summed E-state index contributed by atoms with van der Waals surface area (Å²) in [5.74, 6) is -0.878. The molecule has 0 aromatic heterocycles. The summed E-state index contributed by atoms with van der Waals surface area (Å²) < 4.78 is 0. The van der Waals surface area contributed by atoms with Gasteiger partial charge in [0.15, 0.2) is 0 Å². The fourth-order valence-corrected chi connectivity index (χ4v) is 1.76. The van der Waals surface area contributed by atoms with Crippen molar-refractivity contribution in [3.63, 3.8) is 0 Å². The van der Waals surface area contributed by atoms with Gasteiger partial charge in [-0.05, 0) is 23.7 Å². The van der Waals surface area contributed by atoms with Crippen molar-refractivity contribution in [2.75, 3.05) is 0 Å². The van der Waals surface area contributed by atoms with Crippen LogP contribution in [0.4, 0.5) is 0 Å². The van der Waals surface area contributed by atoms with Gasteiger partial charge in [-0.15, -0.1) is 0 Å². The highest BCUT2D eigenvalue weighted by molar-refractivity contribution is 5.70. The van der Waals surface area contributed by atoms with E-state index in [2.05, 4.69) is 20.8 Å². The predicted octanol–water partition coefficient (Wildman–Crippen LogP) is 3.95. The zero-order valence-corrected chi connectivity index (χ0v) is 11.1. The Balaban J connectivity index is 4.17. The van der Waals surface area contributed by atoms with E-state index in [-0.39, 0.29) is 11.3 Å². The van der Waals surface area contributed by atoms with Gasteiger partial charge in [0.1, 0.15) is 0 Å². The van der Waals surface area contributed by atoms with Gasteiger partial charge >= 0.3 is 5.97 Å². The molecule has 2 nitrogen and oxygen atoms in total. The van der Waals surface area contributed by atoms with Crippen molar-refractivity contribution in [3.8, 4) is 0 Å². The van der Waals surface area contributed by atoms with Crippen LogP contribution in [0.1, 0.15) is 60.8 Å². The number of hydrogen-bond acceptors (Lipinski definition) is 1. The molecule has 0 aliphatic rings. The predicted molar refractivity (Wildman–Crippen MR) is 63.9 cm³/mol. The lowest BCUT2D eigenvalue weighted by Gasteiger charge is -2.28. The largest absolute Gasteiger partial charge is 0.481 e. The van der Waals surface area contributed by atoms with E-state index in [0.29, 0.717) is 5.41 Å². The van der Waals surface area contributed by atoms with Crippen LogP contribution in [0.25, 0.3) is 0 Å². The van der Waals surface area contributed by atoms with Gasteiger partial charge in [0.2, 0.25) is 0 Å². The van der Waals surface area contributed by atoms with Crippen molar-refractivity contribution in [1.29, 1.82) is 0 Å². The summed E-state index contributed by atoms with van der Waals surface area (Å²) in [6.07, 6.45) is 2.88. The van der Waals surface area contributed by atoms with Crippen molar-refractivity contribution in [1.82, 2.24) is 0 Å². The molecule has 0 aromatic rings. The Kier molecular flexibility index (Phi) is 4.82. The van der Waals surface area contributed by atoms with Crippen molar-refractivity contribution in [3.05, 3.63) is 0 Å². The van der Waals surface area contributed by atoms with E-state index in [4.69, 9.17) is 5.11 Å². The second kappa shape index (κ2) is 5.00. The Morgan fingerprint density at radius 2 is 1.60 bits per heavy atom. The molecular formula is C13H26O2. The van der Waals surface area contributed by atoms with E-state index in [0.717, 1.165) is 19.3 Å². The van der Waals surface area contributed by atoms with Crippen molar-refractivity contribution >= 4 is 5.97 Å². The van der Waals surface area contributed by atoms with Crippen LogP contribution in [-0.4, -0.2) is 11.1 Å². The molecule has 15 heavy (non-hydrogen) atoms. The summed E-state index contributed by atoms with van der Waals surface area (Å²) in [7, 11) is 0. The molecule has 0 aliphatic carbocycles. The number of carboxylic acids is 1. The highest BCUT2D eigenvalue weighted by atomic mass is 16.4. The lowest BCUT2D eigenvalue weighted by molar-refractivity contribution is -0.145. The Hall–Kier alpha value is -0.530. The third kappa shape index (κ3) is 6.53. The minimum atomic E-state index is -0.656. The molecule has 0 saturated heterocycles. The van der Waals surface area contributed by atoms with Crippen LogP contribution >= 0.6 is 0 Å². The number of rotatable bonds is 4. The van der Waals surface area contributed by atoms with Crippen LogP contribution in [0.15, 0.2) is 0 Å². The molecule has 1 unspecified atom stereocenters. The molecule has 90 valence electrons. The minimum absolute atomic E-state index is 0.135. The number of carbonyl (C=O) groups is 1. The molecule has 0 spiro atoms. The Morgan fingerprint density at radius 1 is 1.13 bits per heavy atom. The van der Waals surface area contributed by atoms with Crippen LogP contribution < -0.4 is 0 Å². The standard InChI is InChI=1S/C13H26O2/c1-12(2,3)9-7-8-10(11(14)15)13(4,5)6/h10H,7-9H2,1-6H3,(H,14,15). The number of aliphatic carboxylic acids is 1. The van der Waals surface area contributed by atoms with E-state index in [9.17, 15) is 4.79 Å². The molecular weight excluding hydrogens is 188 g/mol. The minimum Gasteiger partial charge on any atom is -0.481 e. The second-order valence-corrected chi connectivity index (χ2v) is 6.71. The molecule has 0 bridgehead atoms. The van der Waals surface area contributed by atoms with Crippen LogP contribution in [-0.2, 0) is 4.79 Å². The third-order valence-electron chi connectivity index (χ3n) is 2.76. The highest BCUT2D eigenvalue weighted by Gasteiger charge is 2.30. The second-order valence-electron chi connectivity index (χ2n) is 6.71. The Morgan fingerprint density at radius 3 is 1.87 bits per heavy atom. The molecule has 1 N–H and O–H groups in total. The first-order valence-electron chi connectivity index (χ1n) is 5.77. The van der Waals surface area contributed by atoms with Crippen LogP contribution in [0.3, 0.4) is 0 Å². The summed E-state index contributed by atoms with van der Waals surface area (Å²) in [5, 5.41) is 9.14. The van der Waals surface area contributed by atoms with Crippen molar-refractivity contribution in [2.45, 2.75) is 60.8 Å². The smallest absolute Gasteiger partial charge is 0.307 e. The summed E-state index contributed by atoms with van der Waals surface area (Å²) >= 11 is 0. The highest BCUT2D eigenvalue weighted by Crippen LogP contribution is 2.32. The first-order chi connectivity index (χ1) is 6.54. The van der Waals surface area contributed by atoms with Gasteiger partial charge in [-0.1, -0.05) is 48.0 Å². The van der Waals surface area contributed by atoms with Crippen LogP contribution in [0.5, 0.6) is 0 Å². The van der Waals surface area contributed by atoms with Gasteiger partial charge in [0.25, 0.3) is 0 Å². The van der Waals surface area contributed by atoms with Gasteiger partial charge in [0.05, 0.1) is 5.92 Å². The van der Waals surface area contributed by atoms with E-state index in [1.807, 2.05) is 20.8 Å². The first kappa shape index (κ1) is 14.5. The summed E-state index contributed by atoms with van der Waals surface area (Å²) in [4.78, 5) is 11.1. The maximum absolute atomic E-state index is 11.1. The van der Waals surface area contributed by atoms with Gasteiger partial charge in [-0.2, -0.15) is 0 Å². The molecule has 0 fully saturated rings. The number of hydrogen-bond donors (Lipinski definition) is 1. The van der Waals surface area contributed by atoms with E-state index in [1.54, 1.807) is 0 Å². The average molecular weight is 214 g/mol. The van der Waals surface area contributed by atoms with E-state index < -0.39 is 5.97 Å². The quantitative estimate of drug-likeness (QED) is 0.769. The maximum Gasteiger partial charge on any atom is 0.307 e. The molecule has 1 atom stereocenters. The monoisotopic (exact) mass is 214 g/mol. The molecule has 0 aromatic carbocycles. The zero-order chi connectivity index (χ0) is 12.3. The Bertz CT molecular complexity index is 206. The van der Waals surface area contributed by atoms with Gasteiger partial charge in [-0.25, -0.2) is 0 Å². The van der Waals surface area contributed by atoms with Crippen molar-refractivity contribution < 1.29 is 9.90 Å². The normalized spacial score (nSPS) is 15.1. The fraction of sp³-hybridized carbons (Fsp3) is 0.923. The van der Waals surface area contributed by atoms with Crippen LogP contribution in [0, 0.1) is 16.7 Å². The van der Waals surface area contributed by atoms with Gasteiger partial charge in [-0.3, -0.25) is 4.79 Å². The first-order valence-corrected chi connectivity index (χ1v) is 5.77. The molecule has 0 rings (SSSR count). The summed E-state index contributed by atoms with van der Waals surface area (Å²) in [6, 6.07) is 0. The number of carboxylic acid groups (broad SMARTS) is 1. The molecule has 0 aliphatic heterocycles. The fourth-order valence-electron chi connectivity index (χ4n) is 1.76. The SMILES string of the molecule is CC(C)(C)CCCC(C(=O)O)C(C)(C)C. The lowest BCUT2D eigenvalue weighted by atomic mass is 9.76. The van der Waals surface area contributed by atoms with Crippen molar-refractivity contribution in [2.24, 2.45) is 16.7 Å². The van der Waals surface area contributed by atoms with Crippen LogP contribution in [0.2, 0.25) is 0 Å². The topological polar surface area (TPSA) is 37.3 Å². The Labute approximate surface area is 94.1 Å². The van der Waals surface area contributed by atoms with Gasteiger partial charge in [0, 0.05) is 0 Å². The molecule has 0 amide bonds. The molecule has 0 heterocycles.